The van der Waals surface area contributed by atoms with Crippen molar-refractivity contribution in [1.82, 2.24) is 9.97 Å². The van der Waals surface area contributed by atoms with Gasteiger partial charge in [-0.25, -0.2) is 9.97 Å². The lowest BCUT2D eigenvalue weighted by atomic mass is 9.67. The zero-order valence-electron chi connectivity index (χ0n) is 31.4. The predicted octanol–water partition coefficient (Wildman–Crippen LogP) is 14.0. The third-order valence-corrected chi connectivity index (χ3v) is 12.2. The maximum Gasteiger partial charge on any atom is 0.160 e. The van der Waals surface area contributed by atoms with Gasteiger partial charge in [-0.2, -0.15) is 0 Å². The molecular formula is C55H34N2O. The molecule has 0 unspecified atom stereocenters. The Morgan fingerprint density at radius 1 is 0.362 bits per heavy atom. The zero-order chi connectivity index (χ0) is 38.2. The van der Waals surface area contributed by atoms with E-state index in [0.717, 1.165) is 49.7 Å². The minimum Gasteiger partial charge on any atom is -0.456 e. The van der Waals surface area contributed by atoms with E-state index in [0.29, 0.717) is 5.82 Å². The fourth-order valence-electron chi connectivity index (χ4n) is 9.47. The van der Waals surface area contributed by atoms with Crippen molar-refractivity contribution in [2.45, 2.75) is 5.41 Å². The van der Waals surface area contributed by atoms with Crippen LogP contribution in [0.3, 0.4) is 0 Å². The maximum absolute atomic E-state index is 6.50. The molecule has 0 saturated heterocycles. The molecule has 3 nitrogen and oxygen atoms in total. The Morgan fingerprint density at radius 2 is 0.948 bits per heavy atom. The summed E-state index contributed by atoms with van der Waals surface area (Å²) in [5, 5.41) is 5.76. The minimum absolute atomic E-state index is 0.568. The highest BCUT2D eigenvalue weighted by Crippen LogP contribution is 2.56. The van der Waals surface area contributed by atoms with Crippen molar-refractivity contribution in [2.24, 2.45) is 0 Å². The second-order valence-corrected chi connectivity index (χ2v) is 15.3. The van der Waals surface area contributed by atoms with Gasteiger partial charge in [-0.15, -0.1) is 0 Å². The molecule has 0 N–H and O–H groups in total. The average Bonchev–Trinajstić information content (AvgIpc) is 3.82. The van der Waals surface area contributed by atoms with Crippen LogP contribution in [0.5, 0.6) is 0 Å². The van der Waals surface area contributed by atoms with E-state index in [1.54, 1.807) is 0 Å². The first kappa shape index (κ1) is 32.6. The summed E-state index contributed by atoms with van der Waals surface area (Å²) in [4.78, 5) is 10.4. The predicted molar refractivity (Wildman–Crippen MR) is 238 cm³/mol. The van der Waals surface area contributed by atoms with Crippen molar-refractivity contribution < 1.29 is 4.42 Å². The number of para-hydroxylation sites is 2. The van der Waals surface area contributed by atoms with Crippen molar-refractivity contribution in [3.63, 3.8) is 0 Å². The van der Waals surface area contributed by atoms with E-state index in [4.69, 9.17) is 14.4 Å². The fourth-order valence-corrected chi connectivity index (χ4v) is 9.47. The number of furan rings is 1. The molecule has 2 aromatic heterocycles. The highest BCUT2D eigenvalue weighted by molar-refractivity contribution is 6.05. The summed E-state index contributed by atoms with van der Waals surface area (Å²) >= 11 is 0. The molecule has 2 heterocycles. The van der Waals surface area contributed by atoms with Crippen molar-refractivity contribution in [3.05, 3.63) is 229 Å². The Bertz CT molecular complexity index is 3350. The molecule has 0 saturated carbocycles. The van der Waals surface area contributed by atoms with E-state index in [9.17, 15) is 0 Å². The van der Waals surface area contributed by atoms with Crippen LogP contribution in [-0.4, -0.2) is 9.97 Å². The van der Waals surface area contributed by atoms with Gasteiger partial charge in [0.1, 0.15) is 11.2 Å². The van der Waals surface area contributed by atoms with Gasteiger partial charge >= 0.3 is 0 Å². The summed E-state index contributed by atoms with van der Waals surface area (Å²) in [5.41, 5.74) is 14.8. The largest absolute Gasteiger partial charge is 0.456 e. The van der Waals surface area contributed by atoms with Crippen molar-refractivity contribution in [3.8, 4) is 44.9 Å². The molecule has 58 heavy (non-hydrogen) atoms. The smallest absolute Gasteiger partial charge is 0.160 e. The SMILES string of the molecule is c1ccc2c(c1)-c1ccccc1C2(c1ccc(-c2nc(-c3ccc(-c4ccc5ccccc5c4)cc3)c3ccccc3n2)cc1)c1ccc2c(c1)oc1ccccc12. The van der Waals surface area contributed by atoms with E-state index in [1.165, 1.54) is 55.3 Å². The molecule has 9 aromatic carbocycles. The van der Waals surface area contributed by atoms with E-state index in [2.05, 4.69) is 188 Å². The van der Waals surface area contributed by atoms with E-state index < -0.39 is 5.41 Å². The molecule has 0 atom stereocenters. The van der Waals surface area contributed by atoms with Gasteiger partial charge in [0.2, 0.25) is 0 Å². The van der Waals surface area contributed by atoms with Crippen molar-refractivity contribution in [2.75, 3.05) is 0 Å². The van der Waals surface area contributed by atoms with Crippen LogP contribution in [0.1, 0.15) is 22.3 Å². The van der Waals surface area contributed by atoms with Gasteiger partial charge < -0.3 is 4.42 Å². The molecule has 11 aromatic rings. The van der Waals surface area contributed by atoms with E-state index in [1.807, 2.05) is 18.2 Å². The molecule has 1 aliphatic rings. The molecule has 0 spiro atoms. The van der Waals surface area contributed by atoms with Gasteiger partial charge in [0.25, 0.3) is 0 Å². The second-order valence-electron chi connectivity index (χ2n) is 15.3. The number of fused-ring (bicyclic) bond motifs is 8. The summed E-state index contributed by atoms with van der Waals surface area (Å²) in [6.07, 6.45) is 0. The van der Waals surface area contributed by atoms with Crippen molar-refractivity contribution in [1.29, 1.82) is 0 Å². The molecule has 0 amide bonds. The maximum atomic E-state index is 6.50. The standard InChI is InChI=1S/C55H34N2O/c1-2-12-39-33-40(26-23-35(39)11-1)36-21-24-37(25-22-36)53-47-16-5-9-19-50(47)56-54(57-53)38-27-29-41(30-28-38)55(48-17-7-3-13-43(48)44-14-4-8-18-49(44)55)42-31-32-46-45-15-6-10-20-51(45)58-52(46)34-42/h1-34H. The van der Waals surface area contributed by atoms with Crippen LogP contribution >= 0.6 is 0 Å². The Hall–Kier alpha value is -7.62. The lowest BCUT2D eigenvalue weighted by Crippen LogP contribution is -2.28. The zero-order valence-corrected chi connectivity index (χ0v) is 31.4. The van der Waals surface area contributed by atoms with Crippen LogP contribution in [0, 0.1) is 0 Å². The molecule has 0 radical (unpaired) electrons. The van der Waals surface area contributed by atoms with E-state index in [-0.39, 0.29) is 0 Å². The van der Waals surface area contributed by atoms with Crippen LogP contribution in [0.4, 0.5) is 0 Å². The van der Waals surface area contributed by atoms with Gasteiger partial charge in [-0.3, -0.25) is 0 Å². The Kier molecular flexibility index (Phi) is 7.14. The lowest BCUT2D eigenvalue weighted by molar-refractivity contribution is 0.665. The van der Waals surface area contributed by atoms with Gasteiger partial charge in [-0.05, 0) is 79.5 Å². The number of aromatic nitrogens is 2. The summed E-state index contributed by atoms with van der Waals surface area (Å²) in [6, 6.07) is 73.9. The lowest BCUT2D eigenvalue weighted by Gasteiger charge is -2.34. The van der Waals surface area contributed by atoms with Crippen LogP contribution < -0.4 is 0 Å². The van der Waals surface area contributed by atoms with Crippen LogP contribution in [0.15, 0.2) is 211 Å². The molecule has 0 aliphatic heterocycles. The fraction of sp³-hybridized carbons (Fsp3) is 0.0182. The monoisotopic (exact) mass is 738 g/mol. The number of nitrogens with zero attached hydrogens (tertiary/aromatic N) is 2. The first-order chi connectivity index (χ1) is 28.7. The quantitative estimate of drug-likeness (QED) is 0.176. The van der Waals surface area contributed by atoms with Crippen LogP contribution in [0.2, 0.25) is 0 Å². The molecule has 0 fully saturated rings. The average molecular weight is 739 g/mol. The third kappa shape index (κ3) is 4.87. The molecule has 1 aliphatic carbocycles. The van der Waals surface area contributed by atoms with Gasteiger partial charge in [0.15, 0.2) is 5.82 Å². The minimum atomic E-state index is -0.568. The third-order valence-electron chi connectivity index (χ3n) is 12.2. The number of hydrogen-bond donors (Lipinski definition) is 0. The highest BCUT2D eigenvalue weighted by Gasteiger charge is 2.46. The van der Waals surface area contributed by atoms with Crippen LogP contribution in [0.25, 0.3) is 88.5 Å². The normalized spacial score (nSPS) is 13.0. The molecule has 3 heteroatoms. The Balaban J connectivity index is 0.989. The molecule has 12 rings (SSSR count). The number of hydrogen-bond acceptors (Lipinski definition) is 3. The summed E-state index contributed by atoms with van der Waals surface area (Å²) in [6.45, 7) is 0. The van der Waals surface area contributed by atoms with Gasteiger partial charge in [0.05, 0.1) is 16.6 Å². The highest BCUT2D eigenvalue weighted by atomic mass is 16.3. The Labute approximate surface area is 335 Å². The summed E-state index contributed by atoms with van der Waals surface area (Å²) in [5.74, 6) is 0.698. The Morgan fingerprint density at radius 3 is 1.74 bits per heavy atom. The number of rotatable bonds is 5. The molecule has 0 bridgehead atoms. The molecular weight excluding hydrogens is 705 g/mol. The van der Waals surface area contributed by atoms with Crippen LogP contribution in [-0.2, 0) is 5.41 Å². The first-order valence-electron chi connectivity index (χ1n) is 19.8. The van der Waals surface area contributed by atoms with E-state index >= 15 is 0 Å². The second kappa shape index (κ2) is 12.7. The topological polar surface area (TPSA) is 38.9 Å². The summed E-state index contributed by atoms with van der Waals surface area (Å²) < 4.78 is 6.50. The van der Waals surface area contributed by atoms with Gasteiger partial charge in [-0.1, -0.05) is 182 Å². The number of benzene rings is 9. The summed E-state index contributed by atoms with van der Waals surface area (Å²) in [7, 11) is 0. The molecule has 270 valence electrons. The van der Waals surface area contributed by atoms with Crippen molar-refractivity contribution >= 4 is 43.6 Å². The van der Waals surface area contributed by atoms with Gasteiger partial charge in [0, 0.05) is 27.3 Å². The first-order valence-corrected chi connectivity index (χ1v) is 19.8.